The van der Waals surface area contributed by atoms with Gasteiger partial charge in [-0.2, -0.15) is 5.10 Å². The first kappa shape index (κ1) is 20.0. The van der Waals surface area contributed by atoms with Gasteiger partial charge in [0.15, 0.2) is 5.76 Å². The van der Waals surface area contributed by atoms with Crippen LogP contribution in [0.25, 0.3) is 0 Å². The van der Waals surface area contributed by atoms with Gasteiger partial charge >= 0.3 is 0 Å². The molecule has 1 amide bonds. The van der Waals surface area contributed by atoms with Gasteiger partial charge in [-0.1, -0.05) is 0 Å². The molecule has 28 heavy (non-hydrogen) atoms. The van der Waals surface area contributed by atoms with Crippen molar-refractivity contribution in [3.05, 3.63) is 64.3 Å². The molecule has 3 rings (SSSR count). The number of hydrogen-bond acceptors (Lipinski definition) is 5. The van der Waals surface area contributed by atoms with Crippen molar-refractivity contribution in [3.63, 3.8) is 0 Å². The first-order valence-electron chi connectivity index (χ1n) is 8.84. The van der Waals surface area contributed by atoms with E-state index in [1.807, 2.05) is 38.2 Å². The largest absolute Gasteiger partial charge is 0.494 e. The minimum atomic E-state index is -0.208. The van der Waals surface area contributed by atoms with Crippen molar-refractivity contribution in [1.82, 2.24) is 14.7 Å². The van der Waals surface area contributed by atoms with Crippen LogP contribution in [-0.4, -0.2) is 34.2 Å². The van der Waals surface area contributed by atoms with Crippen LogP contribution in [0.5, 0.6) is 11.5 Å². The first-order valence-corrected chi connectivity index (χ1v) is 9.63. The third-order valence-electron chi connectivity index (χ3n) is 4.13. The topological polar surface area (TPSA) is 69.7 Å². The number of ether oxygens (including phenoxy) is 2. The highest BCUT2D eigenvalue weighted by molar-refractivity contribution is 9.10. The lowest BCUT2D eigenvalue weighted by Gasteiger charge is -2.16. The standard InChI is InChI=1S/C20H22BrN3O4/c1-4-26-14-5-7-15(8-6-14)27-13-16-9-10-19(28-16)20(25)23(2)12-18-17(21)11-22-24(18)3/h5-11H,4,12-13H2,1-3H3. The van der Waals surface area contributed by atoms with Gasteiger partial charge in [-0.25, -0.2) is 0 Å². The van der Waals surface area contributed by atoms with Gasteiger partial charge in [0.25, 0.3) is 5.91 Å². The number of amides is 1. The van der Waals surface area contributed by atoms with Gasteiger partial charge in [0.05, 0.1) is 29.5 Å². The zero-order valence-electron chi connectivity index (χ0n) is 16.0. The van der Waals surface area contributed by atoms with Gasteiger partial charge in [0.2, 0.25) is 0 Å². The first-order chi connectivity index (χ1) is 13.5. The zero-order valence-corrected chi connectivity index (χ0v) is 17.6. The molecule has 0 spiro atoms. The number of carbonyl (C=O) groups excluding carboxylic acids is 1. The Labute approximate surface area is 172 Å². The van der Waals surface area contributed by atoms with E-state index in [1.54, 1.807) is 35.0 Å². The molecule has 0 bridgehead atoms. The number of benzene rings is 1. The van der Waals surface area contributed by atoms with E-state index >= 15 is 0 Å². The summed E-state index contributed by atoms with van der Waals surface area (Å²) in [5.74, 6) is 2.13. The van der Waals surface area contributed by atoms with E-state index in [2.05, 4.69) is 21.0 Å². The second kappa shape index (κ2) is 8.97. The Kier molecular flexibility index (Phi) is 6.41. The molecule has 3 aromatic rings. The molecule has 2 heterocycles. The Balaban J connectivity index is 1.57. The number of aromatic nitrogens is 2. The van der Waals surface area contributed by atoms with Crippen LogP contribution in [0.2, 0.25) is 0 Å². The quantitative estimate of drug-likeness (QED) is 0.521. The monoisotopic (exact) mass is 447 g/mol. The van der Waals surface area contributed by atoms with E-state index in [4.69, 9.17) is 13.9 Å². The molecule has 0 saturated heterocycles. The summed E-state index contributed by atoms with van der Waals surface area (Å²) < 4.78 is 19.3. The maximum absolute atomic E-state index is 12.6. The highest BCUT2D eigenvalue weighted by atomic mass is 79.9. The number of nitrogens with zero attached hydrogens (tertiary/aromatic N) is 3. The Morgan fingerprint density at radius 1 is 1.18 bits per heavy atom. The van der Waals surface area contributed by atoms with Crippen molar-refractivity contribution in [3.8, 4) is 11.5 Å². The minimum absolute atomic E-state index is 0.208. The van der Waals surface area contributed by atoms with Crippen LogP contribution in [-0.2, 0) is 20.2 Å². The molecule has 0 radical (unpaired) electrons. The Morgan fingerprint density at radius 3 is 2.46 bits per heavy atom. The summed E-state index contributed by atoms with van der Waals surface area (Å²) in [6.07, 6.45) is 1.71. The van der Waals surface area contributed by atoms with Crippen LogP contribution >= 0.6 is 15.9 Å². The van der Waals surface area contributed by atoms with Gasteiger partial charge < -0.3 is 18.8 Å². The summed E-state index contributed by atoms with van der Waals surface area (Å²) in [6, 6.07) is 10.8. The van der Waals surface area contributed by atoms with Crippen LogP contribution in [0.4, 0.5) is 0 Å². The normalized spacial score (nSPS) is 10.7. The Hall–Kier alpha value is -2.74. The number of rotatable bonds is 8. The molecule has 0 saturated carbocycles. The molecule has 7 nitrogen and oxygen atoms in total. The van der Waals surface area contributed by atoms with Crippen molar-refractivity contribution in [2.75, 3.05) is 13.7 Å². The summed E-state index contributed by atoms with van der Waals surface area (Å²) in [5.41, 5.74) is 0.904. The van der Waals surface area contributed by atoms with Crippen LogP contribution in [0.3, 0.4) is 0 Å². The highest BCUT2D eigenvalue weighted by Crippen LogP contribution is 2.21. The van der Waals surface area contributed by atoms with Crippen molar-refractivity contribution < 1.29 is 18.7 Å². The second-order valence-electron chi connectivity index (χ2n) is 6.18. The van der Waals surface area contributed by atoms with E-state index in [9.17, 15) is 4.79 Å². The number of furan rings is 1. The van der Waals surface area contributed by atoms with Gasteiger partial charge in [-0.15, -0.1) is 0 Å². The molecule has 0 fully saturated rings. The van der Waals surface area contributed by atoms with Gasteiger partial charge in [-0.05, 0) is 59.3 Å². The smallest absolute Gasteiger partial charge is 0.289 e. The third kappa shape index (κ3) is 4.75. The molecule has 0 unspecified atom stereocenters. The lowest BCUT2D eigenvalue weighted by molar-refractivity contribution is 0.0746. The maximum atomic E-state index is 12.6. The number of carbonyl (C=O) groups is 1. The molecular weight excluding hydrogens is 426 g/mol. The van der Waals surface area contributed by atoms with Crippen molar-refractivity contribution in [1.29, 1.82) is 0 Å². The minimum Gasteiger partial charge on any atom is -0.494 e. The number of hydrogen-bond donors (Lipinski definition) is 0. The molecule has 0 N–H and O–H groups in total. The number of halogens is 1. The third-order valence-corrected chi connectivity index (χ3v) is 4.79. The predicted octanol–water partition coefficient (Wildman–Crippen LogP) is 4.03. The van der Waals surface area contributed by atoms with Crippen LogP contribution in [0.15, 0.2) is 51.5 Å². The lowest BCUT2D eigenvalue weighted by atomic mass is 10.3. The molecule has 0 aliphatic rings. The molecular formula is C20H22BrN3O4. The van der Waals surface area contributed by atoms with Crippen LogP contribution in [0.1, 0.15) is 28.9 Å². The van der Waals surface area contributed by atoms with Crippen LogP contribution in [0, 0.1) is 0 Å². The van der Waals surface area contributed by atoms with E-state index < -0.39 is 0 Å². The zero-order chi connectivity index (χ0) is 20.1. The van der Waals surface area contributed by atoms with Crippen LogP contribution < -0.4 is 9.47 Å². The van der Waals surface area contributed by atoms with E-state index in [1.165, 1.54) is 0 Å². The van der Waals surface area contributed by atoms with Gasteiger partial charge in [-0.3, -0.25) is 9.48 Å². The molecule has 0 atom stereocenters. The molecule has 2 aromatic heterocycles. The van der Waals surface area contributed by atoms with E-state index in [0.29, 0.717) is 24.7 Å². The lowest BCUT2D eigenvalue weighted by Crippen LogP contribution is -2.27. The van der Waals surface area contributed by atoms with Crippen molar-refractivity contribution in [2.45, 2.75) is 20.1 Å². The highest BCUT2D eigenvalue weighted by Gasteiger charge is 2.19. The molecule has 8 heteroatoms. The van der Waals surface area contributed by atoms with E-state index in [0.717, 1.165) is 15.9 Å². The fraction of sp³-hybridized carbons (Fsp3) is 0.300. The molecule has 1 aromatic carbocycles. The molecule has 0 aliphatic carbocycles. The van der Waals surface area contributed by atoms with Crippen molar-refractivity contribution >= 4 is 21.8 Å². The van der Waals surface area contributed by atoms with E-state index in [-0.39, 0.29) is 18.3 Å². The van der Waals surface area contributed by atoms with Gasteiger partial charge in [0.1, 0.15) is 23.9 Å². The van der Waals surface area contributed by atoms with Crippen molar-refractivity contribution in [2.24, 2.45) is 7.05 Å². The summed E-state index contributed by atoms with van der Waals surface area (Å²) in [6.45, 7) is 3.20. The summed E-state index contributed by atoms with van der Waals surface area (Å²) >= 11 is 3.44. The average Bonchev–Trinajstić information content (AvgIpc) is 3.29. The summed E-state index contributed by atoms with van der Waals surface area (Å²) in [4.78, 5) is 14.2. The molecule has 0 aliphatic heterocycles. The Morgan fingerprint density at radius 2 is 1.86 bits per heavy atom. The predicted molar refractivity (Wildman–Crippen MR) is 107 cm³/mol. The Bertz CT molecular complexity index is 914. The SMILES string of the molecule is CCOc1ccc(OCc2ccc(C(=O)N(C)Cc3c(Br)cnn3C)o2)cc1. The maximum Gasteiger partial charge on any atom is 0.289 e. The average molecular weight is 448 g/mol. The summed E-state index contributed by atoms with van der Waals surface area (Å²) in [5, 5.41) is 4.16. The van der Waals surface area contributed by atoms with Gasteiger partial charge in [0, 0.05) is 14.1 Å². The number of aryl methyl sites for hydroxylation is 1. The summed E-state index contributed by atoms with van der Waals surface area (Å²) in [7, 11) is 3.56. The molecule has 148 valence electrons. The fourth-order valence-corrected chi connectivity index (χ4v) is 3.10. The second-order valence-corrected chi connectivity index (χ2v) is 7.04. The fourth-order valence-electron chi connectivity index (χ4n) is 2.62.